The molecule has 1 aromatic rings. The highest BCUT2D eigenvalue weighted by Gasteiger charge is 2.05. The third-order valence-electron chi connectivity index (χ3n) is 2.28. The Morgan fingerprint density at radius 2 is 2.25 bits per heavy atom. The number of ether oxygens (including phenoxy) is 2. The monoisotopic (exact) mass is 220 g/mol. The Morgan fingerprint density at radius 3 is 2.81 bits per heavy atom. The van der Waals surface area contributed by atoms with Crippen molar-refractivity contribution < 1.29 is 14.3 Å². The fourth-order valence-electron chi connectivity index (χ4n) is 1.16. The van der Waals surface area contributed by atoms with Crippen LogP contribution in [0.5, 0.6) is 11.5 Å². The molecular weight excluding hydrogens is 204 g/mol. The number of hydrogen-bond acceptors (Lipinski definition) is 3. The van der Waals surface area contributed by atoms with Crippen molar-refractivity contribution in [2.45, 2.75) is 13.3 Å². The first-order chi connectivity index (χ1) is 7.71. The predicted octanol–water partition coefficient (Wildman–Crippen LogP) is 2.85. The lowest BCUT2D eigenvalue weighted by atomic mass is 10.2. The van der Waals surface area contributed by atoms with E-state index in [1.807, 2.05) is 6.92 Å². The molecule has 3 nitrogen and oxygen atoms in total. The van der Waals surface area contributed by atoms with Gasteiger partial charge in [0.2, 0.25) is 0 Å². The van der Waals surface area contributed by atoms with Crippen molar-refractivity contribution in [1.29, 1.82) is 0 Å². The lowest BCUT2D eigenvalue weighted by molar-refractivity contribution is 0.111. The molecule has 86 valence electrons. The average molecular weight is 220 g/mol. The van der Waals surface area contributed by atoms with E-state index in [0.717, 1.165) is 18.3 Å². The van der Waals surface area contributed by atoms with Gasteiger partial charge in [-0.25, -0.2) is 0 Å². The molecule has 16 heavy (non-hydrogen) atoms. The van der Waals surface area contributed by atoms with Gasteiger partial charge in [0.05, 0.1) is 12.7 Å². The van der Waals surface area contributed by atoms with Crippen LogP contribution >= 0.6 is 0 Å². The van der Waals surface area contributed by atoms with E-state index in [-0.39, 0.29) is 0 Å². The molecule has 1 aromatic carbocycles. The highest BCUT2D eigenvalue weighted by atomic mass is 16.5. The van der Waals surface area contributed by atoms with Gasteiger partial charge in [-0.3, -0.25) is 4.79 Å². The molecule has 0 aromatic heterocycles. The Hall–Kier alpha value is -1.77. The van der Waals surface area contributed by atoms with Crippen LogP contribution in [0.25, 0.3) is 0 Å². The molecule has 0 radical (unpaired) electrons. The molecule has 0 amide bonds. The van der Waals surface area contributed by atoms with Crippen molar-refractivity contribution in [1.82, 2.24) is 0 Å². The summed E-state index contributed by atoms with van der Waals surface area (Å²) < 4.78 is 10.5. The van der Waals surface area contributed by atoms with Gasteiger partial charge in [0.15, 0.2) is 6.29 Å². The van der Waals surface area contributed by atoms with Gasteiger partial charge < -0.3 is 9.47 Å². The largest absolute Gasteiger partial charge is 0.497 e. The molecule has 0 bridgehead atoms. The molecule has 0 saturated carbocycles. The second-order valence-corrected chi connectivity index (χ2v) is 3.41. The third kappa shape index (κ3) is 3.12. The summed E-state index contributed by atoms with van der Waals surface area (Å²) in [6.45, 7) is 6.29. The minimum Gasteiger partial charge on any atom is -0.497 e. The van der Waals surface area contributed by atoms with E-state index in [9.17, 15) is 4.79 Å². The summed E-state index contributed by atoms with van der Waals surface area (Å²) in [6.07, 6.45) is 1.62. The summed E-state index contributed by atoms with van der Waals surface area (Å²) in [5.74, 6) is 1.20. The van der Waals surface area contributed by atoms with Gasteiger partial charge in [-0.2, -0.15) is 0 Å². The van der Waals surface area contributed by atoms with E-state index >= 15 is 0 Å². The standard InChI is InChI=1S/C13H16O3/c1-4-10(2)9-16-13-6-5-12(15-3)7-11(13)8-14/h5-8H,2,4,9H2,1,3H3. The molecule has 3 heteroatoms. The molecule has 0 unspecified atom stereocenters. The maximum atomic E-state index is 10.9. The smallest absolute Gasteiger partial charge is 0.153 e. The van der Waals surface area contributed by atoms with E-state index in [4.69, 9.17) is 9.47 Å². The lowest BCUT2D eigenvalue weighted by Gasteiger charge is -2.10. The molecule has 0 aliphatic heterocycles. The third-order valence-corrected chi connectivity index (χ3v) is 2.28. The highest BCUT2D eigenvalue weighted by Crippen LogP contribution is 2.23. The maximum absolute atomic E-state index is 10.9. The number of carbonyl (C=O) groups excluding carboxylic acids is 1. The van der Waals surface area contributed by atoms with Crippen molar-refractivity contribution in [3.05, 3.63) is 35.9 Å². The molecule has 0 heterocycles. The average Bonchev–Trinajstić information content (AvgIpc) is 2.35. The van der Waals surface area contributed by atoms with E-state index in [1.165, 1.54) is 0 Å². The fourth-order valence-corrected chi connectivity index (χ4v) is 1.16. The summed E-state index contributed by atoms with van der Waals surface area (Å²) in [7, 11) is 1.56. The van der Waals surface area contributed by atoms with E-state index in [0.29, 0.717) is 23.7 Å². The molecule has 1 rings (SSSR count). The van der Waals surface area contributed by atoms with Gasteiger partial charge in [-0.05, 0) is 30.2 Å². The first-order valence-corrected chi connectivity index (χ1v) is 5.14. The molecule has 0 spiro atoms. The minimum atomic E-state index is 0.434. The number of hydrogen-bond donors (Lipinski definition) is 0. The Labute approximate surface area is 95.7 Å². The second-order valence-electron chi connectivity index (χ2n) is 3.41. The summed E-state index contributed by atoms with van der Waals surface area (Å²) in [5, 5.41) is 0. The van der Waals surface area contributed by atoms with Crippen molar-refractivity contribution in [2.75, 3.05) is 13.7 Å². The van der Waals surface area contributed by atoms with Crippen LogP contribution < -0.4 is 9.47 Å². The van der Waals surface area contributed by atoms with E-state index in [2.05, 4.69) is 6.58 Å². The Bertz CT molecular complexity index is 383. The van der Waals surface area contributed by atoms with Crippen LogP contribution in [0.1, 0.15) is 23.7 Å². The van der Waals surface area contributed by atoms with Gasteiger partial charge in [0, 0.05) is 0 Å². The quantitative estimate of drug-likeness (QED) is 0.546. The van der Waals surface area contributed by atoms with Crippen LogP contribution in [0.2, 0.25) is 0 Å². The molecule has 0 N–H and O–H groups in total. The van der Waals surface area contributed by atoms with Crippen LogP contribution in [-0.4, -0.2) is 20.0 Å². The molecule has 0 aliphatic carbocycles. The zero-order chi connectivity index (χ0) is 12.0. The second kappa shape index (κ2) is 5.95. The first kappa shape index (κ1) is 12.3. The van der Waals surface area contributed by atoms with Crippen molar-refractivity contribution >= 4 is 6.29 Å². The number of benzene rings is 1. The zero-order valence-electron chi connectivity index (χ0n) is 9.66. The molecular formula is C13H16O3. The number of aldehydes is 1. The van der Waals surface area contributed by atoms with E-state index < -0.39 is 0 Å². The van der Waals surface area contributed by atoms with Gasteiger partial charge in [0.25, 0.3) is 0 Å². The Morgan fingerprint density at radius 1 is 1.50 bits per heavy atom. The minimum absolute atomic E-state index is 0.434. The van der Waals surface area contributed by atoms with Crippen LogP contribution in [0.4, 0.5) is 0 Å². The fraction of sp³-hybridized carbons (Fsp3) is 0.308. The lowest BCUT2D eigenvalue weighted by Crippen LogP contribution is -2.02. The summed E-state index contributed by atoms with van der Waals surface area (Å²) in [6, 6.07) is 5.14. The van der Waals surface area contributed by atoms with Crippen molar-refractivity contribution in [3.63, 3.8) is 0 Å². The van der Waals surface area contributed by atoms with Gasteiger partial charge in [0.1, 0.15) is 18.1 Å². The Balaban J connectivity index is 2.79. The molecule has 0 atom stereocenters. The molecule has 0 fully saturated rings. The first-order valence-electron chi connectivity index (χ1n) is 5.14. The van der Waals surface area contributed by atoms with Crippen molar-refractivity contribution in [2.24, 2.45) is 0 Å². The molecule has 0 saturated heterocycles. The summed E-state index contributed by atoms with van der Waals surface area (Å²) >= 11 is 0. The van der Waals surface area contributed by atoms with Gasteiger partial charge >= 0.3 is 0 Å². The van der Waals surface area contributed by atoms with Crippen LogP contribution in [0.3, 0.4) is 0 Å². The number of carbonyl (C=O) groups is 1. The van der Waals surface area contributed by atoms with Crippen LogP contribution in [-0.2, 0) is 0 Å². The number of methoxy groups -OCH3 is 1. The summed E-state index contributed by atoms with van der Waals surface area (Å²) in [4.78, 5) is 10.9. The van der Waals surface area contributed by atoms with E-state index in [1.54, 1.807) is 25.3 Å². The topological polar surface area (TPSA) is 35.5 Å². The maximum Gasteiger partial charge on any atom is 0.153 e. The van der Waals surface area contributed by atoms with Gasteiger partial charge in [-0.15, -0.1) is 0 Å². The van der Waals surface area contributed by atoms with Crippen LogP contribution in [0.15, 0.2) is 30.4 Å². The number of rotatable bonds is 6. The van der Waals surface area contributed by atoms with Gasteiger partial charge in [-0.1, -0.05) is 13.5 Å². The SMILES string of the molecule is C=C(CC)COc1ccc(OC)cc1C=O. The predicted molar refractivity (Wildman–Crippen MR) is 63.3 cm³/mol. The zero-order valence-corrected chi connectivity index (χ0v) is 9.66. The summed E-state index contributed by atoms with van der Waals surface area (Å²) in [5.41, 5.74) is 1.48. The Kier molecular flexibility index (Phi) is 4.58. The highest BCUT2D eigenvalue weighted by molar-refractivity contribution is 5.80. The van der Waals surface area contributed by atoms with Crippen molar-refractivity contribution in [3.8, 4) is 11.5 Å². The molecule has 0 aliphatic rings. The normalized spacial score (nSPS) is 9.62. The van der Waals surface area contributed by atoms with Crippen LogP contribution in [0, 0.1) is 0 Å².